The molecule has 130 valence electrons. The maximum atomic E-state index is 12.1. The predicted molar refractivity (Wildman–Crippen MR) is 101 cm³/mol. The highest BCUT2D eigenvalue weighted by Crippen LogP contribution is 2.32. The SMILES string of the molecule is Cc1[nH]c2ccccc2c1C(C)(C)CNC(=O)COc1ccccc1. The highest BCUT2D eigenvalue weighted by molar-refractivity contribution is 5.86. The molecule has 0 unspecified atom stereocenters. The van der Waals surface area contributed by atoms with Crippen LogP contribution in [0.5, 0.6) is 5.75 Å². The van der Waals surface area contributed by atoms with Crippen molar-refractivity contribution >= 4 is 16.8 Å². The van der Waals surface area contributed by atoms with E-state index in [4.69, 9.17) is 4.74 Å². The largest absolute Gasteiger partial charge is 0.484 e. The van der Waals surface area contributed by atoms with Crippen LogP contribution < -0.4 is 10.1 Å². The van der Waals surface area contributed by atoms with E-state index in [1.165, 1.54) is 10.9 Å². The zero-order valence-electron chi connectivity index (χ0n) is 14.9. The van der Waals surface area contributed by atoms with Crippen LogP contribution in [0.25, 0.3) is 10.9 Å². The number of para-hydroxylation sites is 2. The molecule has 0 aliphatic heterocycles. The Labute approximate surface area is 148 Å². The van der Waals surface area contributed by atoms with Crippen molar-refractivity contribution in [3.63, 3.8) is 0 Å². The predicted octanol–water partition coefficient (Wildman–Crippen LogP) is 3.95. The summed E-state index contributed by atoms with van der Waals surface area (Å²) in [5, 5.41) is 4.20. The molecule has 1 amide bonds. The first-order valence-corrected chi connectivity index (χ1v) is 8.50. The number of fused-ring (bicyclic) bond motifs is 1. The smallest absolute Gasteiger partial charge is 0.257 e. The Morgan fingerprint density at radius 2 is 1.76 bits per heavy atom. The lowest BCUT2D eigenvalue weighted by molar-refractivity contribution is -0.123. The zero-order chi connectivity index (χ0) is 17.9. The second-order valence-corrected chi connectivity index (χ2v) is 6.93. The van der Waals surface area contributed by atoms with Crippen LogP contribution >= 0.6 is 0 Å². The monoisotopic (exact) mass is 336 g/mol. The summed E-state index contributed by atoms with van der Waals surface area (Å²) in [7, 11) is 0. The number of ether oxygens (including phenoxy) is 1. The van der Waals surface area contributed by atoms with E-state index < -0.39 is 0 Å². The summed E-state index contributed by atoms with van der Waals surface area (Å²) < 4.78 is 5.50. The Balaban J connectivity index is 1.65. The average Bonchev–Trinajstić information content (AvgIpc) is 2.95. The Kier molecular flexibility index (Phi) is 4.79. The van der Waals surface area contributed by atoms with Gasteiger partial charge in [-0.3, -0.25) is 4.79 Å². The lowest BCUT2D eigenvalue weighted by atomic mass is 9.82. The van der Waals surface area contributed by atoms with E-state index in [1.54, 1.807) is 0 Å². The molecule has 0 saturated carbocycles. The summed E-state index contributed by atoms with van der Waals surface area (Å²) in [5.74, 6) is 0.582. The van der Waals surface area contributed by atoms with Crippen molar-refractivity contribution in [2.45, 2.75) is 26.2 Å². The molecule has 3 rings (SSSR count). The Morgan fingerprint density at radius 3 is 2.52 bits per heavy atom. The number of aromatic amines is 1. The third-order valence-electron chi connectivity index (χ3n) is 4.41. The minimum Gasteiger partial charge on any atom is -0.484 e. The van der Waals surface area contributed by atoms with Crippen molar-refractivity contribution in [3.05, 3.63) is 65.9 Å². The second kappa shape index (κ2) is 7.01. The molecule has 0 aliphatic rings. The molecule has 2 aromatic carbocycles. The van der Waals surface area contributed by atoms with Crippen molar-refractivity contribution in [1.82, 2.24) is 10.3 Å². The number of benzene rings is 2. The molecule has 4 heteroatoms. The summed E-state index contributed by atoms with van der Waals surface area (Å²) in [6.07, 6.45) is 0. The van der Waals surface area contributed by atoms with Crippen LogP contribution in [0.15, 0.2) is 54.6 Å². The average molecular weight is 336 g/mol. The van der Waals surface area contributed by atoms with E-state index in [9.17, 15) is 4.79 Å². The van der Waals surface area contributed by atoms with Gasteiger partial charge in [-0.1, -0.05) is 50.2 Å². The van der Waals surface area contributed by atoms with E-state index in [-0.39, 0.29) is 17.9 Å². The van der Waals surface area contributed by atoms with Crippen LogP contribution in [0.1, 0.15) is 25.1 Å². The number of aromatic nitrogens is 1. The fraction of sp³-hybridized carbons (Fsp3) is 0.286. The molecule has 25 heavy (non-hydrogen) atoms. The van der Waals surface area contributed by atoms with Crippen LogP contribution in [-0.4, -0.2) is 24.0 Å². The number of carbonyl (C=O) groups excluding carboxylic acids is 1. The molecule has 2 N–H and O–H groups in total. The maximum Gasteiger partial charge on any atom is 0.257 e. The molecule has 0 fully saturated rings. The van der Waals surface area contributed by atoms with E-state index in [0.717, 1.165) is 11.2 Å². The van der Waals surface area contributed by atoms with E-state index in [1.807, 2.05) is 42.5 Å². The van der Waals surface area contributed by atoms with E-state index in [2.05, 4.69) is 43.2 Å². The molecule has 0 bridgehead atoms. The number of H-pyrrole nitrogens is 1. The number of carbonyl (C=O) groups is 1. The van der Waals surface area contributed by atoms with E-state index in [0.29, 0.717) is 12.3 Å². The summed E-state index contributed by atoms with van der Waals surface area (Å²) in [5.41, 5.74) is 3.32. The lowest BCUT2D eigenvalue weighted by Gasteiger charge is -2.26. The van der Waals surface area contributed by atoms with Crippen LogP contribution in [0.3, 0.4) is 0 Å². The van der Waals surface area contributed by atoms with Gasteiger partial charge in [-0.25, -0.2) is 0 Å². The molecular weight excluding hydrogens is 312 g/mol. The Hall–Kier alpha value is -2.75. The van der Waals surface area contributed by atoms with Crippen molar-refractivity contribution in [1.29, 1.82) is 0 Å². The topological polar surface area (TPSA) is 54.1 Å². The van der Waals surface area contributed by atoms with E-state index >= 15 is 0 Å². The first kappa shape index (κ1) is 17.1. The molecule has 4 nitrogen and oxygen atoms in total. The summed E-state index contributed by atoms with van der Waals surface area (Å²) in [6, 6.07) is 17.6. The number of amides is 1. The minimum absolute atomic E-state index is 0.0208. The molecule has 0 radical (unpaired) electrons. The number of nitrogens with one attached hydrogen (secondary N) is 2. The third-order valence-corrected chi connectivity index (χ3v) is 4.41. The van der Waals surface area contributed by atoms with Crippen LogP contribution in [0, 0.1) is 6.92 Å². The molecule has 3 aromatic rings. The third kappa shape index (κ3) is 3.85. The van der Waals surface area contributed by atoms with Gasteiger partial charge in [-0.05, 0) is 30.7 Å². The molecule has 0 saturated heterocycles. The Morgan fingerprint density at radius 1 is 1.08 bits per heavy atom. The van der Waals surface area contributed by atoms with Gasteiger partial charge in [0, 0.05) is 28.6 Å². The highest BCUT2D eigenvalue weighted by Gasteiger charge is 2.27. The number of aryl methyl sites for hydroxylation is 1. The van der Waals surface area contributed by atoms with Gasteiger partial charge in [0.1, 0.15) is 5.75 Å². The van der Waals surface area contributed by atoms with Gasteiger partial charge in [-0.15, -0.1) is 0 Å². The zero-order valence-corrected chi connectivity index (χ0v) is 14.9. The quantitative estimate of drug-likeness (QED) is 0.716. The van der Waals surface area contributed by atoms with Gasteiger partial charge in [-0.2, -0.15) is 0 Å². The van der Waals surface area contributed by atoms with Crippen LogP contribution in [0.2, 0.25) is 0 Å². The lowest BCUT2D eigenvalue weighted by Crippen LogP contribution is -2.39. The van der Waals surface area contributed by atoms with Crippen molar-refractivity contribution in [2.24, 2.45) is 0 Å². The first-order chi connectivity index (χ1) is 12.0. The van der Waals surface area contributed by atoms with Crippen LogP contribution in [-0.2, 0) is 10.2 Å². The fourth-order valence-corrected chi connectivity index (χ4v) is 3.27. The molecular formula is C21H24N2O2. The van der Waals surface area contributed by atoms with Gasteiger partial charge in [0.25, 0.3) is 5.91 Å². The van der Waals surface area contributed by atoms with Gasteiger partial charge < -0.3 is 15.0 Å². The number of hydrogen-bond donors (Lipinski definition) is 2. The summed E-state index contributed by atoms with van der Waals surface area (Å²) >= 11 is 0. The van der Waals surface area contributed by atoms with Crippen molar-refractivity contribution < 1.29 is 9.53 Å². The van der Waals surface area contributed by atoms with Gasteiger partial charge in [0.15, 0.2) is 6.61 Å². The van der Waals surface area contributed by atoms with Crippen molar-refractivity contribution in [2.75, 3.05) is 13.2 Å². The normalized spacial score (nSPS) is 11.5. The number of hydrogen-bond acceptors (Lipinski definition) is 2. The fourth-order valence-electron chi connectivity index (χ4n) is 3.27. The van der Waals surface area contributed by atoms with Gasteiger partial charge in [0.05, 0.1) is 0 Å². The van der Waals surface area contributed by atoms with Gasteiger partial charge in [0.2, 0.25) is 0 Å². The Bertz CT molecular complexity index is 866. The minimum atomic E-state index is -0.188. The summed E-state index contributed by atoms with van der Waals surface area (Å²) in [6.45, 7) is 6.94. The van der Waals surface area contributed by atoms with Crippen molar-refractivity contribution in [3.8, 4) is 5.75 Å². The van der Waals surface area contributed by atoms with Gasteiger partial charge >= 0.3 is 0 Å². The maximum absolute atomic E-state index is 12.1. The molecule has 0 spiro atoms. The molecule has 0 aliphatic carbocycles. The molecule has 1 heterocycles. The molecule has 0 atom stereocenters. The molecule has 1 aromatic heterocycles. The van der Waals surface area contributed by atoms with Crippen LogP contribution in [0.4, 0.5) is 0 Å². The summed E-state index contributed by atoms with van der Waals surface area (Å²) in [4.78, 5) is 15.6. The standard InChI is InChI=1S/C21H24N2O2/c1-15-20(17-11-7-8-12-18(17)23-15)21(2,3)14-22-19(24)13-25-16-9-5-4-6-10-16/h4-12,23H,13-14H2,1-3H3,(H,22,24). The highest BCUT2D eigenvalue weighted by atomic mass is 16.5. The first-order valence-electron chi connectivity index (χ1n) is 8.50. The second-order valence-electron chi connectivity index (χ2n) is 6.93. The number of rotatable bonds is 6.